The first-order valence-electron chi connectivity index (χ1n) is 14.2. The van der Waals surface area contributed by atoms with Gasteiger partial charge in [0.25, 0.3) is 0 Å². The van der Waals surface area contributed by atoms with Crippen LogP contribution in [0.15, 0.2) is 70.9 Å². The monoisotopic (exact) mass is 585 g/mol. The van der Waals surface area contributed by atoms with Crippen LogP contribution in [0.4, 0.5) is 4.39 Å². The van der Waals surface area contributed by atoms with Gasteiger partial charge in [-0.05, 0) is 25.5 Å². The Hall–Kier alpha value is -2.82. The summed E-state index contributed by atoms with van der Waals surface area (Å²) in [7, 11) is 1.35. The number of allylic oxidation sites excluding steroid dienone is 3. The van der Waals surface area contributed by atoms with E-state index in [-0.39, 0.29) is 5.02 Å². The van der Waals surface area contributed by atoms with Gasteiger partial charge in [0.2, 0.25) is 0 Å². The zero-order chi connectivity index (χ0) is 29.2. The minimum Gasteiger partial charge on any atom is -0.466 e. The number of piperazine rings is 1. The molecule has 1 aromatic rings. The highest BCUT2D eigenvalue weighted by Crippen LogP contribution is 2.36. The molecule has 3 aliphatic heterocycles. The van der Waals surface area contributed by atoms with Gasteiger partial charge in [0.1, 0.15) is 17.7 Å². The molecule has 10 heteroatoms. The Morgan fingerprint density at radius 2 is 1.83 bits per heavy atom. The Balaban J connectivity index is 1.54. The third kappa shape index (κ3) is 8.59. The van der Waals surface area contributed by atoms with E-state index in [0.717, 1.165) is 72.0 Å². The van der Waals surface area contributed by atoms with Crippen LogP contribution in [0.5, 0.6) is 0 Å². The number of methoxy groups -OCH3 is 1. The van der Waals surface area contributed by atoms with Crippen molar-refractivity contribution in [3.63, 3.8) is 0 Å². The number of ether oxygens (including phenoxy) is 2. The average Bonchev–Trinajstić information content (AvgIpc) is 2.98. The minimum absolute atomic E-state index is 0.198. The van der Waals surface area contributed by atoms with Gasteiger partial charge in [-0.25, -0.2) is 9.18 Å². The highest BCUT2D eigenvalue weighted by molar-refractivity contribution is 6.31. The van der Waals surface area contributed by atoms with E-state index < -0.39 is 17.8 Å². The van der Waals surface area contributed by atoms with Gasteiger partial charge in [0, 0.05) is 80.8 Å². The topological polar surface area (TPSA) is 69.6 Å². The number of hydrogen-bond acceptors (Lipinski definition) is 8. The molecular weight excluding hydrogens is 545 g/mol. The van der Waals surface area contributed by atoms with Gasteiger partial charge in [0.05, 0.1) is 25.9 Å². The quantitative estimate of drug-likeness (QED) is 0.239. The van der Waals surface area contributed by atoms with E-state index in [4.69, 9.17) is 26.1 Å². The molecule has 1 atom stereocenters. The van der Waals surface area contributed by atoms with E-state index in [1.54, 1.807) is 6.07 Å². The number of esters is 1. The van der Waals surface area contributed by atoms with Crippen molar-refractivity contribution >= 4 is 23.4 Å². The Labute approximate surface area is 247 Å². The summed E-state index contributed by atoms with van der Waals surface area (Å²) in [6.07, 6.45) is 8.71. The molecule has 2 fully saturated rings. The lowest BCUT2D eigenvalue weighted by atomic mass is 9.94. The number of morpholine rings is 1. The number of nitrogens with zero attached hydrogens (tertiary/aromatic N) is 4. The number of benzene rings is 1. The van der Waals surface area contributed by atoms with Gasteiger partial charge in [-0.15, -0.1) is 0 Å². The van der Waals surface area contributed by atoms with Gasteiger partial charge in [-0.2, -0.15) is 0 Å². The first-order valence-corrected chi connectivity index (χ1v) is 14.6. The second-order valence-electron chi connectivity index (χ2n) is 10.4. The van der Waals surface area contributed by atoms with Crippen LogP contribution >= 0.6 is 11.6 Å². The van der Waals surface area contributed by atoms with Crippen LogP contribution < -0.4 is 5.32 Å². The van der Waals surface area contributed by atoms with E-state index >= 15 is 0 Å². The Kier molecular flexibility index (Phi) is 11.7. The lowest BCUT2D eigenvalue weighted by molar-refractivity contribution is -0.136. The fourth-order valence-electron chi connectivity index (χ4n) is 5.19. The van der Waals surface area contributed by atoms with Gasteiger partial charge in [0.15, 0.2) is 0 Å². The third-order valence-electron chi connectivity index (χ3n) is 7.60. The molecule has 0 aliphatic carbocycles. The summed E-state index contributed by atoms with van der Waals surface area (Å²) in [5.74, 6) is -0.415. The molecule has 0 spiro atoms. The van der Waals surface area contributed by atoms with Gasteiger partial charge < -0.3 is 14.8 Å². The first kappa shape index (κ1) is 31.1. The molecule has 3 aliphatic rings. The van der Waals surface area contributed by atoms with Crippen molar-refractivity contribution in [1.82, 2.24) is 20.0 Å². The molecular formula is C31H41ClFN5O3. The van der Waals surface area contributed by atoms with Crippen molar-refractivity contribution in [2.45, 2.75) is 19.4 Å². The molecule has 1 N–H and O–H groups in total. The van der Waals surface area contributed by atoms with E-state index in [2.05, 4.69) is 26.6 Å². The highest BCUT2D eigenvalue weighted by atomic mass is 35.5. The Bertz CT molecular complexity index is 1200. The summed E-state index contributed by atoms with van der Waals surface area (Å²) in [4.78, 5) is 25.3. The lowest BCUT2D eigenvalue weighted by Gasteiger charge is -2.37. The summed E-state index contributed by atoms with van der Waals surface area (Å²) >= 11 is 6.49. The molecule has 4 rings (SSSR count). The Morgan fingerprint density at radius 1 is 1.15 bits per heavy atom. The maximum absolute atomic E-state index is 13.9. The van der Waals surface area contributed by atoms with Crippen LogP contribution in [0.25, 0.3) is 0 Å². The van der Waals surface area contributed by atoms with E-state index in [1.807, 2.05) is 31.2 Å². The first-order chi connectivity index (χ1) is 19.9. The van der Waals surface area contributed by atoms with Crippen LogP contribution in [-0.4, -0.2) is 106 Å². The number of rotatable bonds is 11. The second-order valence-corrected chi connectivity index (χ2v) is 10.8. The molecule has 1 aromatic carbocycles. The number of halogens is 2. The fraction of sp³-hybridized carbons (Fsp3) is 0.484. The minimum atomic E-state index is -0.766. The van der Waals surface area contributed by atoms with E-state index in [9.17, 15) is 9.18 Å². The molecule has 0 bridgehead atoms. The molecule has 3 heterocycles. The summed E-state index contributed by atoms with van der Waals surface area (Å²) < 4.78 is 24.6. The predicted molar refractivity (Wildman–Crippen MR) is 162 cm³/mol. The van der Waals surface area contributed by atoms with Crippen molar-refractivity contribution in [3.05, 3.63) is 82.3 Å². The standard InChI is InChI=1S/C31H41ClFN5O3/c1-4-5-6-7-8-23(2)30-34-27(22-38-15-13-36(14-16-38)11-12-37-17-19-41-20-18-37)28(31(39)40-3)29(35-30)25-10-9-24(33)21-26(25)32/h4-5,7-10,21,29H,2,6,11-20,22H2,1,3H3,(H,34,35). The molecule has 1 unspecified atom stereocenters. The van der Waals surface area contributed by atoms with Gasteiger partial charge in [-0.3, -0.25) is 19.7 Å². The normalized spacial score (nSPS) is 21.4. The summed E-state index contributed by atoms with van der Waals surface area (Å²) in [6.45, 7) is 16.0. The molecule has 0 saturated carbocycles. The van der Waals surface area contributed by atoms with Crippen LogP contribution in [0.2, 0.25) is 5.02 Å². The Morgan fingerprint density at radius 3 is 2.49 bits per heavy atom. The number of carbonyl (C=O) groups excluding carboxylic acids is 1. The lowest BCUT2D eigenvalue weighted by Crippen LogP contribution is -2.51. The number of aliphatic imine (C=N–C) groups is 1. The van der Waals surface area contributed by atoms with Crippen molar-refractivity contribution < 1.29 is 18.7 Å². The SMILES string of the molecule is C=C(C=CCC=CC)C1=NC(c2ccc(F)cc2Cl)C(C(=O)OC)=C(CN2CCN(CCN3CCOCC3)CC2)N1. The predicted octanol–water partition coefficient (Wildman–Crippen LogP) is 3.98. The smallest absolute Gasteiger partial charge is 0.338 e. The van der Waals surface area contributed by atoms with Crippen molar-refractivity contribution in [2.75, 3.05) is 79.2 Å². The van der Waals surface area contributed by atoms with Gasteiger partial charge in [-0.1, -0.05) is 48.6 Å². The summed E-state index contributed by atoms with van der Waals surface area (Å²) in [6, 6.07) is 3.38. The van der Waals surface area contributed by atoms with Crippen molar-refractivity contribution in [1.29, 1.82) is 0 Å². The highest BCUT2D eigenvalue weighted by Gasteiger charge is 2.34. The van der Waals surface area contributed by atoms with Crippen LogP contribution in [-0.2, 0) is 14.3 Å². The largest absolute Gasteiger partial charge is 0.466 e. The second kappa shape index (κ2) is 15.4. The summed E-state index contributed by atoms with van der Waals surface area (Å²) in [5.41, 5.74) is 2.26. The average molecular weight is 586 g/mol. The number of nitrogens with one attached hydrogen (secondary N) is 1. The molecule has 222 valence electrons. The maximum Gasteiger partial charge on any atom is 0.338 e. The molecule has 0 amide bonds. The van der Waals surface area contributed by atoms with Crippen LogP contribution in [0.1, 0.15) is 24.9 Å². The number of carbonyl (C=O) groups is 1. The number of amidine groups is 1. The zero-order valence-electron chi connectivity index (χ0n) is 24.1. The number of hydrogen-bond donors (Lipinski definition) is 1. The molecule has 0 aromatic heterocycles. The molecule has 2 saturated heterocycles. The maximum atomic E-state index is 13.9. The molecule has 8 nitrogen and oxygen atoms in total. The van der Waals surface area contributed by atoms with E-state index in [0.29, 0.717) is 34.8 Å². The summed E-state index contributed by atoms with van der Waals surface area (Å²) in [5, 5.41) is 3.58. The third-order valence-corrected chi connectivity index (χ3v) is 7.93. The fourth-order valence-corrected chi connectivity index (χ4v) is 5.46. The van der Waals surface area contributed by atoms with Crippen molar-refractivity contribution in [2.24, 2.45) is 4.99 Å². The van der Waals surface area contributed by atoms with Crippen LogP contribution in [0, 0.1) is 5.82 Å². The molecule has 41 heavy (non-hydrogen) atoms. The van der Waals surface area contributed by atoms with Gasteiger partial charge >= 0.3 is 5.97 Å². The van der Waals surface area contributed by atoms with E-state index in [1.165, 1.54) is 19.2 Å². The molecule has 0 radical (unpaired) electrons. The zero-order valence-corrected chi connectivity index (χ0v) is 24.8. The van der Waals surface area contributed by atoms with Crippen molar-refractivity contribution in [3.8, 4) is 0 Å². The van der Waals surface area contributed by atoms with Crippen LogP contribution in [0.3, 0.4) is 0 Å².